The third-order valence-electron chi connectivity index (χ3n) is 3.76. The molecule has 0 aliphatic rings. The lowest BCUT2D eigenvalue weighted by atomic mass is 10.1. The fraction of sp³-hybridized carbons (Fsp3) is 0.100. The Kier molecular flexibility index (Phi) is 6.18. The summed E-state index contributed by atoms with van der Waals surface area (Å²) in [6.45, 7) is 0. The van der Waals surface area contributed by atoms with Crippen LogP contribution in [0.1, 0.15) is 22.2 Å². The van der Waals surface area contributed by atoms with Gasteiger partial charge in [0.15, 0.2) is 5.69 Å². The van der Waals surface area contributed by atoms with E-state index in [4.69, 9.17) is 21.1 Å². The number of carbonyl (C=O) groups is 2. The molecular formula is C20H16ClN3O4. The minimum Gasteiger partial charge on any atom is -0.495 e. The molecule has 3 rings (SSSR count). The first-order chi connectivity index (χ1) is 13.6. The molecule has 1 aromatic heterocycles. The van der Waals surface area contributed by atoms with Crippen LogP contribution in [0.2, 0.25) is 5.02 Å². The molecule has 0 unspecified atom stereocenters. The van der Waals surface area contributed by atoms with Crippen molar-refractivity contribution in [2.45, 2.75) is 6.10 Å². The van der Waals surface area contributed by atoms with Gasteiger partial charge in [-0.1, -0.05) is 41.9 Å². The van der Waals surface area contributed by atoms with Gasteiger partial charge >= 0.3 is 5.97 Å². The van der Waals surface area contributed by atoms with Crippen LogP contribution in [-0.4, -0.2) is 29.0 Å². The second-order valence-electron chi connectivity index (χ2n) is 5.63. The van der Waals surface area contributed by atoms with Crippen LogP contribution in [0, 0.1) is 0 Å². The molecular weight excluding hydrogens is 382 g/mol. The van der Waals surface area contributed by atoms with Crippen molar-refractivity contribution in [1.29, 1.82) is 0 Å². The summed E-state index contributed by atoms with van der Waals surface area (Å²) in [6.07, 6.45) is 2.89. The first-order valence-corrected chi connectivity index (χ1v) is 8.62. The highest BCUT2D eigenvalue weighted by Crippen LogP contribution is 2.28. The van der Waals surface area contributed by atoms with Gasteiger partial charge in [-0.25, -0.2) is 9.78 Å². The highest BCUT2D eigenvalue weighted by Gasteiger charge is 2.26. The molecule has 0 bridgehead atoms. The zero-order valence-electron chi connectivity index (χ0n) is 14.8. The topological polar surface area (TPSA) is 90.4 Å². The van der Waals surface area contributed by atoms with Crippen molar-refractivity contribution in [3.05, 3.63) is 83.4 Å². The van der Waals surface area contributed by atoms with Crippen molar-refractivity contribution in [1.82, 2.24) is 9.97 Å². The molecule has 0 saturated carbocycles. The van der Waals surface area contributed by atoms with Crippen LogP contribution in [0.15, 0.2) is 67.1 Å². The summed E-state index contributed by atoms with van der Waals surface area (Å²) in [5.74, 6) is -0.817. The summed E-state index contributed by atoms with van der Waals surface area (Å²) >= 11 is 6.10. The normalized spacial score (nSPS) is 11.4. The Hall–Kier alpha value is -3.45. The van der Waals surface area contributed by atoms with E-state index in [-0.39, 0.29) is 5.69 Å². The van der Waals surface area contributed by atoms with Crippen LogP contribution in [0.5, 0.6) is 5.75 Å². The molecule has 2 aromatic carbocycles. The summed E-state index contributed by atoms with van der Waals surface area (Å²) in [5.41, 5.74) is 0.952. The van der Waals surface area contributed by atoms with Crippen molar-refractivity contribution in [2.24, 2.45) is 0 Å². The summed E-state index contributed by atoms with van der Waals surface area (Å²) in [6, 6.07) is 13.5. The van der Waals surface area contributed by atoms with E-state index in [2.05, 4.69) is 15.3 Å². The van der Waals surface area contributed by atoms with Gasteiger partial charge in [0.25, 0.3) is 5.91 Å². The molecule has 0 fully saturated rings. The van der Waals surface area contributed by atoms with Crippen LogP contribution in [-0.2, 0) is 9.53 Å². The fourth-order valence-electron chi connectivity index (χ4n) is 2.42. The van der Waals surface area contributed by atoms with Crippen LogP contribution in [0.4, 0.5) is 5.69 Å². The van der Waals surface area contributed by atoms with Gasteiger partial charge in [0.05, 0.1) is 18.3 Å². The average Bonchev–Trinajstić information content (AvgIpc) is 2.73. The lowest BCUT2D eigenvalue weighted by molar-refractivity contribution is -0.125. The maximum Gasteiger partial charge on any atom is 0.359 e. The molecule has 7 nitrogen and oxygen atoms in total. The van der Waals surface area contributed by atoms with Gasteiger partial charge in [-0.2, -0.15) is 0 Å². The van der Waals surface area contributed by atoms with Crippen LogP contribution >= 0.6 is 11.6 Å². The number of esters is 1. The van der Waals surface area contributed by atoms with E-state index in [1.807, 2.05) is 0 Å². The Balaban J connectivity index is 1.83. The summed E-state index contributed by atoms with van der Waals surface area (Å²) < 4.78 is 10.5. The number of aromatic nitrogens is 2. The molecule has 1 N–H and O–H groups in total. The highest BCUT2D eigenvalue weighted by molar-refractivity contribution is 6.32. The van der Waals surface area contributed by atoms with Gasteiger partial charge < -0.3 is 14.8 Å². The quantitative estimate of drug-likeness (QED) is 0.638. The first-order valence-electron chi connectivity index (χ1n) is 8.25. The number of rotatable bonds is 6. The molecule has 1 heterocycles. The summed E-state index contributed by atoms with van der Waals surface area (Å²) in [4.78, 5) is 33.0. The standard InChI is InChI=1S/C20H16ClN3O4/c1-27-17-8-7-14(11-15(17)21)24-19(25)18(13-5-3-2-4-6-13)28-20(26)16-12-22-9-10-23-16/h2-12,18H,1H3,(H,24,25)/t18-/m1/s1. The Morgan fingerprint density at radius 2 is 1.89 bits per heavy atom. The minimum atomic E-state index is -1.18. The number of nitrogens with zero attached hydrogens (tertiary/aromatic N) is 2. The molecule has 0 aliphatic heterocycles. The molecule has 1 amide bonds. The third kappa shape index (κ3) is 4.63. The van der Waals surface area contributed by atoms with E-state index in [0.717, 1.165) is 0 Å². The number of benzene rings is 2. The van der Waals surface area contributed by atoms with Crippen molar-refractivity contribution in [2.75, 3.05) is 12.4 Å². The monoisotopic (exact) mass is 397 g/mol. The smallest absolute Gasteiger partial charge is 0.359 e. The number of carbonyl (C=O) groups excluding carboxylic acids is 2. The predicted octanol–water partition coefficient (Wildman–Crippen LogP) is 3.68. The molecule has 0 radical (unpaired) electrons. The molecule has 142 valence electrons. The Morgan fingerprint density at radius 3 is 2.54 bits per heavy atom. The van der Waals surface area contributed by atoms with Crippen molar-refractivity contribution >= 4 is 29.2 Å². The van der Waals surface area contributed by atoms with E-state index in [0.29, 0.717) is 22.0 Å². The van der Waals surface area contributed by atoms with Crippen molar-refractivity contribution in [3.63, 3.8) is 0 Å². The Bertz CT molecular complexity index is 968. The van der Waals surface area contributed by atoms with Crippen LogP contribution in [0.25, 0.3) is 0 Å². The minimum absolute atomic E-state index is 0.00345. The number of hydrogen-bond acceptors (Lipinski definition) is 6. The second-order valence-corrected chi connectivity index (χ2v) is 6.03. The van der Waals surface area contributed by atoms with Crippen molar-refractivity contribution in [3.8, 4) is 5.75 Å². The lowest BCUT2D eigenvalue weighted by Gasteiger charge is -2.18. The SMILES string of the molecule is COc1ccc(NC(=O)[C@H](OC(=O)c2cnccn2)c2ccccc2)cc1Cl. The summed E-state index contributed by atoms with van der Waals surface area (Å²) in [7, 11) is 1.50. The Labute approximate surface area is 166 Å². The first kappa shape index (κ1) is 19.3. The molecule has 0 aliphatic carbocycles. The Morgan fingerprint density at radius 1 is 1.11 bits per heavy atom. The number of amides is 1. The van der Waals surface area contributed by atoms with Crippen LogP contribution < -0.4 is 10.1 Å². The number of hydrogen-bond donors (Lipinski definition) is 1. The maximum atomic E-state index is 12.8. The van der Waals surface area contributed by atoms with Gasteiger partial charge in [0.2, 0.25) is 6.10 Å². The maximum absolute atomic E-state index is 12.8. The second kappa shape index (κ2) is 8.96. The van der Waals surface area contributed by atoms with E-state index in [1.54, 1.807) is 48.5 Å². The molecule has 0 spiro atoms. The van der Waals surface area contributed by atoms with Crippen molar-refractivity contribution < 1.29 is 19.1 Å². The average molecular weight is 398 g/mol. The number of halogens is 1. The van der Waals surface area contributed by atoms with E-state index in [1.165, 1.54) is 25.7 Å². The zero-order chi connectivity index (χ0) is 19.9. The predicted molar refractivity (Wildman–Crippen MR) is 103 cm³/mol. The van der Waals surface area contributed by atoms with Gasteiger partial charge in [-0.3, -0.25) is 9.78 Å². The highest BCUT2D eigenvalue weighted by atomic mass is 35.5. The number of nitrogens with one attached hydrogen (secondary N) is 1. The largest absolute Gasteiger partial charge is 0.495 e. The number of anilines is 1. The van der Waals surface area contributed by atoms with E-state index < -0.39 is 18.0 Å². The van der Waals surface area contributed by atoms with Crippen LogP contribution in [0.3, 0.4) is 0 Å². The summed E-state index contributed by atoms with van der Waals surface area (Å²) in [5, 5.41) is 3.04. The number of methoxy groups -OCH3 is 1. The van der Waals surface area contributed by atoms with Gasteiger partial charge in [0, 0.05) is 23.6 Å². The van der Waals surface area contributed by atoms with E-state index >= 15 is 0 Å². The van der Waals surface area contributed by atoms with Gasteiger partial charge in [-0.05, 0) is 18.2 Å². The molecule has 1 atom stereocenters. The van der Waals surface area contributed by atoms with Gasteiger partial charge in [-0.15, -0.1) is 0 Å². The molecule has 3 aromatic rings. The zero-order valence-corrected chi connectivity index (χ0v) is 15.6. The lowest BCUT2D eigenvalue weighted by Crippen LogP contribution is -2.26. The third-order valence-corrected chi connectivity index (χ3v) is 4.05. The fourth-order valence-corrected chi connectivity index (χ4v) is 2.68. The molecule has 0 saturated heterocycles. The molecule has 8 heteroatoms. The number of ether oxygens (including phenoxy) is 2. The van der Waals surface area contributed by atoms with Gasteiger partial charge in [0.1, 0.15) is 5.75 Å². The van der Waals surface area contributed by atoms with E-state index in [9.17, 15) is 9.59 Å². The molecule has 28 heavy (non-hydrogen) atoms.